The lowest BCUT2D eigenvalue weighted by Crippen LogP contribution is -2.30. The van der Waals surface area contributed by atoms with Crippen LogP contribution in [0.3, 0.4) is 0 Å². The molecule has 2 N–H and O–H groups in total. The third-order valence-corrected chi connectivity index (χ3v) is 8.56. The first-order valence-corrected chi connectivity index (χ1v) is 15.0. The number of pyridine rings is 1. The fourth-order valence-corrected chi connectivity index (χ4v) is 6.59. The van der Waals surface area contributed by atoms with E-state index in [1.54, 1.807) is 17.5 Å². The van der Waals surface area contributed by atoms with E-state index >= 15 is 0 Å². The molecule has 1 aliphatic rings. The van der Waals surface area contributed by atoms with Crippen LogP contribution in [0.1, 0.15) is 23.5 Å². The maximum atomic E-state index is 12.5. The van der Waals surface area contributed by atoms with Crippen LogP contribution in [0.5, 0.6) is 5.75 Å². The van der Waals surface area contributed by atoms with E-state index in [2.05, 4.69) is 37.2 Å². The Morgan fingerprint density at radius 2 is 1.72 bits per heavy atom. The Morgan fingerprint density at radius 1 is 0.930 bits per heavy atom. The number of aromatic nitrogens is 3. The van der Waals surface area contributed by atoms with Crippen LogP contribution >= 0.6 is 23.6 Å². The number of hydrogen-bond donors (Lipinski definition) is 2. The smallest absolute Gasteiger partial charge is 0.262 e. The van der Waals surface area contributed by atoms with E-state index in [-0.39, 0.29) is 24.6 Å². The van der Waals surface area contributed by atoms with Crippen LogP contribution in [0, 0.1) is 0 Å². The number of anilines is 2. The van der Waals surface area contributed by atoms with Crippen LogP contribution in [0.4, 0.5) is 11.4 Å². The van der Waals surface area contributed by atoms with Crippen molar-refractivity contribution in [2.24, 2.45) is 0 Å². The number of hydrogen-bond acceptors (Lipinski definition) is 6. The van der Waals surface area contributed by atoms with Crippen LogP contribution in [0.25, 0.3) is 15.3 Å². The summed E-state index contributed by atoms with van der Waals surface area (Å²) in [5.74, 6) is 0.406. The summed E-state index contributed by atoms with van der Waals surface area (Å²) in [5.41, 5.74) is 4.43. The summed E-state index contributed by atoms with van der Waals surface area (Å²) in [6.45, 7) is -0.0809. The lowest BCUT2D eigenvalue weighted by Gasteiger charge is -2.28. The molecule has 1 aliphatic heterocycles. The number of nitrogens with one attached hydrogen (secondary N) is 2. The van der Waals surface area contributed by atoms with Gasteiger partial charge in [0, 0.05) is 23.8 Å². The van der Waals surface area contributed by atoms with Crippen molar-refractivity contribution in [2.45, 2.75) is 12.1 Å². The maximum absolute atomic E-state index is 12.5. The number of para-hydroxylation sites is 2. The first-order chi connectivity index (χ1) is 21.1. The van der Waals surface area contributed by atoms with Crippen molar-refractivity contribution in [3.8, 4) is 10.9 Å². The number of carbonyl (C=O) groups excluding carboxylic acids is 1. The Hall–Kier alpha value is -5.06. The summed E-state index contributed by atoms with van der Waals surface area (Å²) in [6.07, 6.45) is 3.84. The van der Waals surface area contributed by atoms with Crippen LogP contribution in [-0.2, 0) is 4.79 Å². The van der Waals surface area contributed by atoms with Crippen LogP contribution in [0.2, 0.25) is 0 Å². The number of nitrogens with zero attached hydrogens (tertiary/aromatic N) is 4. The largest absolute Gasteiger partial charge is 0.484 e. The molecule has 0 aliphatic carbocycles. The van der Waals surface area contributed by atoms with E-state index < -0.39 is 0 Å². The summed E-state index contributed by atoms with van der Waals surface area (Å²) in [6, 6.07) is 34.7. The van der Waals surface area contributed by atoms with E-state index in [0.717, 1.165) is 32.4 Å². The fourth-order valence-electron chi connectivity index (χ4n) is 5.27. The highest BCUT2D eigenvalue weighted by Gasteiger charge is 2.42. The number of fused-ring (bicyclic) bond motifs is 1. The second-order valence-electron chi connectivity index (χ2n) is 9.96. The number of ether oxygens (including phenoxy) is 1. The summed E-state index contributed by atoms with van der Waals surface area (Å²) in [7, 11) is 0. The summed E-state index contributed by atoms with van der Waals surface area (Å²) in [5, 5.41) is 7.90. The van der Waals surface area contributed by atoms with Crippen LogP contribution in [-0.4, -0.2) is 32.2 Å². The minimum absolute atomic E-state index is 0.0809. The molecule has 0 unspecified atom stereocenters. The van der Waals surface area contributed by atoms with Crippen molar-refractivity contribution in [3.63, 3.8) is 0 Å². The molecule has 212 valence electrons. The second kappa shape index (κ2) is 11.7. The van der Waals surface area contributed by atoms with Gasteiger partial charge in [0.15, 0.2) is 16.9 Å². The summed E-state index contributed by atoms with van der Waals surface area (Å²) < 4.78 is 8.84. The zero-order chi connectivity index (χ0) is 29.2. The molecule has 4 heterocycles. The number of thiazole rings is 1. The normalized spacial score (nSPS) is 16.3. The highest BCUT2D eigenvalue weighted by atomic mass is 32.1. The van der Waals surface area contributed by atoms with E-state index in [1.807, 2.05) is 103 Å². The summed E-state index contributed by atoms with van der Waals surface area (Å²) in [4.78, 5) is 24.2. The van der Waals surface area contributed by atoms with Gasteiger partial charge in [0.05, 0.1) is 27.6 Å². The van der Waals surface area contributed by atoms with E-state index in [1.165, 1.54) is 0 Å². The quantitative estimate of drug-likeness (QED) is 0.188. The third kappa shape index (κ3) is 5.45. The Balaban J connectivity index is 1.19. The maximum Gasteiger partial charge on any atom is 0.262 e. The van der Waals surface area contributed by atoms with Crippen molar-refractivity contribution in [3.05, 3.63) is 133 Å². The average molecular weight is 603 g/mol. The van der Waals surface area contributed by atoms with Gasteiger partial charge in [0.25, 0.3) is 5.91 Å². The lowest BCUT2D eigenvalue weighted by molar-refractivity contribution is -0.118. The van der Waals surface area contributed by atoms with Crippen molar-refractivity contribution in [2.75, 3.05) is 16.8 Å². The number of thiocarbonyl (C=S) groups is 1. The molecule has 2 atom stereocenters. The molecule has 0 saturated carbocycles. The predicted octanol–water partition coefficient (Wildman–Crippen LogP) is 6.68. The molecule has 1 saturated heterocycles. The van der Waals surface area contributed by atoms with Gasteiger partial charge in [0.2, 0.25) is 0 Å². The lowest BCUT2D eigenvalue weighted by atomic mass is 10.0. The van der Waals surface area contributed by atoms with Crippen molar-refractivity contribution in [1.29, 1.82) is 0 Å². The molecule has 6 aromatic rings. The fraction of sp³-hybridized carbons (Fsp3) is 0.0909. The van der Waals surface area contributed by atoms with Gasteiger partial charge < -0.3 is 20.3 Å². The van der Waals surface area contributed by atoms with Gasteiger partial charge in [-0.15, -0.1) is 0 Å². The molecule has 1 amide bonds. The highest BCUT2D eigenvalue weighted by Crippen LogP contribution is 2.43. The third-order valence-electron chi connectivity index (χ3n) is 7.21. The van der Waals surface area contributed by atoms with E-state index in [9.17, 15) is 4.79 Å². The molecule has 3 aromatic carbocycles. The number of rotatable bonds is 8. The Labute approximate surface area is 257 Å². The number of carbonyl (C=O) groups is 1. The zero-order valence-electron chi connectivity index (χ0n) is 22.8. The van der Waals surface area contributed by atoms with Crippen LogP contribution < -0.4 is 20.3 Å². The molecule has 3 aromatic heterocycles. The van der Waals surface area contributed by atoms with Gasteiger partial charge in [0.1, 0.15) is 11.8 Å². The molecule has 1 fully saturated rings. The van der Waals surface area contributed by atoms with Gasteiger partial charge >= 0.3 is 0 Å². The molecular formula is C33H26N6O2S2. The predicted molar refractivity (Wildman–Crippen MR) is 174 cm³/mol. The Morgan fingerprint density at radius 3 is 2.51 bits per heavy atom. The minimum Gasteiger partial charge on any atom is -0.484 e. The van der Waals surface area contributed by atoms with Gasteiger partial charge in [-0.05, 0) is 85.0 Å². The van der Waals surface area contributed by atoms with Gasteiger partial charge in [-0.1, -0.05) is 47.7 Å². The zero-order valence-corrected chi connectivity index (χ0v) is 24.5. The van der Waals surface area contributed by atoms with Crippen molar-refractivity contribution in [1.82, 2.24) is 19.9 Å². The van der Waals surface area contributed by atoms with Crippen LogP contribution in [0.15, 0.2) is 122 Å². The minimum atomic E-state index is -0.239. The monoisotopic (exact) mass is 602 g/mol. The summed E-state index contributed by atoms with van der Waals surface area (Å²) >= 11 is 7.57. The standard InChI is InChI=1S/C33H26N6O2S2/c40-29(21-41-24-9-2-1-3-10-24)35-22-15-17-23(18-16-22)39-31(30(37-32(39)42)26-12-6-7-19-34-26)27-13-8-20-38(27)33-36-25-11-4-5-14-28(25)43-33/h1-20,30-31H,21H2,(H,35,40)(H,37,42)/t30-,31+/m0/s1. The van der Waals surface area contributed by atoms with Gasteiger partial charge in [-0.3, -0.25) is 14.3 Å². The topological polar surface area (TPSA) is 84.3 Å². The van der Waals surface area contributed by atoms with Crippen molar-refractivity contribution < 1.29 is 9.53 Å². The van der Waals surface area contributed by atoms with Crippen molar-refractivity contribution >= 4 is 56.2 Å². The molecule has 0 spiro atoms. The average Bonchev–Trinajstić information content (AvgIpc) is 3.78. The first kappa shape index (κ1) is 26.8. The SMILES string of the molecule is O=C(COc1ccccc1)Nc1ccc(N2C(=S)N[C@@H](c3ccccn3)[C@H]2c2cccn2-c2nc3ccccc3s2)cc1. The van der Waals surface area contributed by atoms with Gasteiger partial charge in [-0.2, -0.15) is 0 Å². The number of benzene rings is 3. The second-order valence-corrected chi connectivity index (χ2v) is 11.4. The molecule has 10 heteroatoms. The molecular weight excluding hydrogens is 577 g/mol. The molecule has 0 radical (unpaired) electrons. The van der Waals surface area contributed by atoms with E-state index in [0.29, 0.717) is 16.5 Å². The molecule has 8 nitrogen and oxygen atoms in total. The first-order valence-electron chi connectivity index (χ1n) is 13.8. The number of amides is 1. The van der Waals surface area contributed by atoms with E-state index in [4.69, 9.17) is 21.9 Å². The van der Waals surface area contributed by atoms with Gasteiger partial charge in [-0.25, -0.2) is 4.98 Å². The highest BCUT2D eigenvalue weighted by molar-refractivity contribution is 7.80. The Kier molecular flexibility index (Phi) is 7.28. The molecule has 7 rings (SSSR count). The molecule has 0 bridgehead atoms. The Bertz CT molecular complexity index is 1860. The molecule has 43 heavy (non-hydrogen) atoms.